The highest BCUT2D eigenvalue weighted by Gasteiger charge is 2.34. The van der Waals surface area contributed by atoms with Gasteiger partial charge in [0.05, 0.1) is 6.20 Å². The van der Waals surface area contributed by atoms with Crippen molar-refractivity contribution in [2.45, 2.75) is 24.9 Å². The lowest BCUT2D eigenvalue weighted by atomic mass is 9.97. The fraction of sp³-hybridized carbons (Fsp3) is 0.667. The summed E-state index contributed by atoms with van der Waals surface area (Å²) >= 11 is 0. The lowest BCUT2D eigenvalue weighted by molar-refractivity contribution is -0.141. The van der Waals surface area contributed by atoms with Gasteiger partial charge in [0.15, 0.2) is 0 Å². The smallest absolute Gasteiger partial charge is 0.375 e. The molecule has 0 bridgehead atoms. The summed E-state index contributed by atoms with van der Waals surface area (Å²) in [5, 5.41) is 0. The van der Waals surface area contributed by atoms with Crippen molar-refractivity contribution in [2.75, 3.05) is 26.8 Å². The zero-order valence-electron chi connectivity index (χ0n) is 11.0. The van der Waals surface area contributed by atoms with Crippen LogP contribution in [0.25, 0.3) is 0 Å². The van der Waals surface area contributed by atoms with E-state index in [1.54, 1.807) is 4.90 Å². The zero-order chi connectivity index (χ0) is 14.8. The molecule has 8 heteroatoms. The van der Waals surface area contributed by atoms with Crippen LogP contribution in [0.3, 0.4) is 0 Å². The molecule has 1 aliphatic rings. The summed E-state index contributed by atoms with van der Waals surface area (Å²) in [5.41, 5.74) is -0.854. The zero-order valence-corrected chi connectivity index (χ0v) is 11.0. The van der Waals surface area contributed by atoms with Gasteiger partial charge in [-0.25, -0.2) is 4.98 Å². The van der Waals surface area contributed by atoms with Crippen molar-refractivity contribution < 1.29 is 22.7 Å². The Bertz CT molecular complexity index is 473. The number of aromatic amines is 1. The van der Waals surface area contributed by atoms with Crippen molar-refractivity contribution >= 4 is 5.91 Å². The van der Waals surface area contributed by atoms with Gasteiger partial charge in [0.1, 0.15) is 18.1 Å². The number of aromatic nitrogens is 2. The molecule has 0 unspecified atom stereocenters. The predicted molar refractivity (Wildman–Crippen MR) is 64.0 cm³/mol. The number of nitrogens with one attached hydrogen (secondary N) is 1. The average molecular weight is 291 g/mol. The molecule has 1 aromatic rings. The molecular formula is C12H16F3N3O2. The quantitative estimate of drug-likeness (QED) is 0.923. The van der Waals surface area contributed by atoms with Gasteiger partial charge in [-0.05, 0) is 12.8 Å². The van der Waals surface area contributed by atoms with Crippen molar-refractivity contribution in [3.63, 3.8) is 0 Å². The van der Waals surface area contributed by atoms with Crippen LogP contribution in [0.4, 0.5) is 13.2 Å². The van der Waals surface area contributed by atoms with Crippen molar-refractivity contribution in [2.24, 2.45) is 0 Å². The maximum Gasteiger partial charge on any atom is 0.432 e. The molecule has 0 saturated carbocycles. The van der Waals surface area contributed by atoms with Crippen LogP contribution in [0.5, 0.6) is 0 Å². The van der Waals surface area contributed by atoms with Crippen LogP contribution in [0, 0.1) is 0 Å². The van der Waals surface area contributed by atoms with E-state index in [1.807, 2.05) is 0 Å². The molecule has 1 fully saturated rings. The normalized spacial score (nSPS) is 20.2. The molecule has 1 aromatic heterocycles. The summed E-state index contributed by atoms with van der Waals surface area (Å²) in [6.07, 6.45) is -2.18. The molecule has 20 heavy (non-hydrogen) atoms. The summed E-state index contributed by atoms with van der Waals surface area (Å²) in [6, 6.07) is 0. The number of piperidine rings is 1. The maximum atomic E-state index is 12.5. The Balaban J connectivity index is 2.05. The number of nitrogens with zero attached hydrogens (tertiary/aromatic N) is 2. The first-order chi connectivity index (χ1) is 9.41. The first-order valence-corrected chi connectivity index (χ1v) is 6.30. The summed E-state index contributed by atoms with van der Waals surface area (Å²) in [4.78, 5) is 19.4. The molecule has 112 valence electrons. The van der Waals surface area contributed by atoms with Crippen molar-refractivity contribution in [1.29, 1.82) is 0 Å². The fourth-order valence-corrected chi connectivity index (χ4v) is 2.33. The number of carbonyl (C=O) groups excluding carboxylic acids is 1. The molecule has 1 atom stereocenters. The number of rotatable bonds is 3. The second kappa shape index (κ2) is 5.82. The van der Waals surface area contributed by atoms with Crippen molar-refractivity contribution in [1.82, 2.24) is 14.9 Å². The molecule has 0 aliphatic carbocycles. The van der Waals surface area contributed by atoms with E-state index in [-0.39, 0.29) is 24.3 Å². The van der Waals surface area contributed by atoms with Crippen LogP contribution in [0.15, 0.2) is 6.20 Å². The third-order valence-electron chi connectivity index (χ3n) is 3.33. The molecule has 1 amide bonds. The highest BCUT2D eigenvalue weighted by atomic mass is 19.4. The van der Waals surface area contributed by atoms with Crippen LogP contribution >= 0.6 is 0 Å². The van der Waals surface area contributed by atoms with Crippen LogP contribution in [0.1, 0.15) is 30.3 Å². The number of methoxy groups -OCH3 is 1. The number of H-pyrrole nitrogens is 1. The minimum atomic E-state index is -4.43. The second-order valence-electron chi connectivity index (χ2n) is 4.79. The van der Waals surface area contributed by atoms with Crippen LogP contribution in [-0.2, 0) is 15.7 Å². The minimum Gasteiger partial charge on any atom is -0.375 e. The number of hydrogen-bond donors (Lipinski definition) is 1. The number of halogens is 3. The number of carbonyl (C=O) groups is 1. The largest absolute Gasteiger partial charge is 0.432 e. The Morgan fingerprint density at radius 3 is 2.95 bits per heavy atom. The average Bonchev–Trinajstić information content (AvgIpc) is 2.89. The van der Waals surface area contributed by atoms with Crippen LogP contribution in [-0.4, -0.2) is 47.6 Å². The van der Waals surface area contributed by atoms with E-state index >= 15 is 0 Å². The molecule has 2 heterocycles. The van der Waals surface area contributed by atoms with Gasteiger partial charge >= 0.3 is 6.18 Å². The lowest BCUT2D eigenvalue weighted by Gasteiger charge is -2.31. The Morgan fingerprint density at radius 2 is 2.35 bits per heavy atom. The maximum absolute atomic E-state index is 12.5. The number of hydrogen-bond acceptors (Lipinski definition) is 3. The van der Waals surface area contributed by atoms with Gasteiger partial charge in [0, 0.05) is 26.1 Å². The van der Waals surface area contributed by atoms with E-state index in [1.165, 1.54) is 7.11 Å². The topological polar surface area (TPSA) is 58.2 Å². The molecule has 0 radical (unpaired) electrons. The third kappa shape index (κ3) is 3.30. The van der Waals surface area contributed by atoms with E-state index < -0.39 is 11.9 Å². The van der Waals surface area contributed by atoms with E-state index in [0.717, 1.165) is 12.6 Å². The Hall–Kier alpha value is -1.57. The first-order valence-electron chi connectivity index (χ1n) is 6.30. The molecule has 1 aliphatic heterocycles. The van der Waals surface area contributed by atoms with Gasteiger partial charge in [0.25, 0.3) is 0 Å². The molecule has 0 aromatic carbocycles. The van der Waals surface area contributed by atoms with Crippen molar-refractivity contribution in [3.8, 4) is 0 Å². The highest BCUT2D eigenvalue weighted by molar-refractivity contribution is 5.77. The fourth-order valence-electron chi connectivity index (χ4n) is 2.33. The monoisotopic (exact) mass is 291 g/mol. The third-order valence-corrected chi connectivity index (χ3v) is 3.33. The highest BCUT2D eigenvalue weighted by Crippen LogP contribution is 2.30. The van der Waals surface area contributed by atoms with Crippen LogP contribution in [0.2, 0.25) is 0 Å². The predicted octanol–water partition coefficient (Wildman–Crippen LogP) is 1.78. The number of imidazole rings is 1. The number of ether oxygens (including phenoxy) is 1. The molecule has 1 N–H and O–H groups in total. The van der Waals surface area contributed by atoms with Gasteiger partial charge in [-0.2, -0.15) is 13.2 Å². The summed E-state index contributed by atoms with van der Waals surface area (Å²) in [7, 11) is 1.43. The van der Waals surface area contributed by atoms with Gasteiger partial charge in [-0.1, -0.05) is 0 Å². The number of likely N-dealkylation sites (tertiary alicyclic amines) is 1. The Kier molecular flexibility index (Phi) is 4.32. The van der Waals surface area contributed by atoms with E-state index in [0.29, 0.717) is 19.5 Å². The van der Waals surface area contributed by atoms with Gasteiger partial charge in [-0.15, -0.1) is 0 Å². The van der Waals surface area contributed by atoms with Gasteiger partial charge < -0.3 is 14.6 Å². The van der Waals surface area contributed by atoms with Gasteiger partial charge in [0.2, 0.25) is 5.91 Å². The molecule has 2 rings (SSSR count). The number of amides is 1. The molecular weight excluding hydrogens is 275 g/mol. The summed E-state index contributed by atoms with van der Waals surface area (Å²) in [6.45, 7) is 0.956. The van der Waals surface area contributed by atoms with E-state index in [2.05, 4.69) is 9.97 Å². The Morgan fingerprint density at radius 1 is 1.60 bits per heavy atom. The standard InChI is InChI=1S/C12H16F3N3O2/c1-20-7-10(19)18-4-2-3-8(6-18)11-16-5-9(17-11)12(13,14)15/h5,8H,2-4,6-7H2,1H3,(H,16,17)/t8-/m1/s1. The first kappa shape index (κ1) is 14.8. The summed E-state index contributed by atoms with van der Waals surface area (Å²) in [5.74, 6) is -0.0623. The number of alkyl halides is 3. The van der Waals surface area contributed by atoms with Gasteiger partial charge in [-0.3, -0.25) is 4.79 Å². The van der Waals surface area contributed by atoms with E-state index in [4.69, 9.17) is 4.74 Å². The second-order valence-corrected chi connectivity index (χ2v) is 4.79. The SMILES string of the molecule is COCC(=O)N1CCC[C@@H](c2ncc(C(F)(F)F)[nH]2)C1. The Labute approximate surface area is 114 Å². The van der Waals surface area contributed by atoms with Crippen LogP contribution < -0.4 is 0 Å². The lowest BCUT2D eigenvalue weighted by Crippen LogP contribution is -2.41. The molecule has 0 spiro atoms. The molecule has 5 nitrogen and oxygen atoms in total. The minimum absolute atomic E-state index is 0.0152. The summed E-state index contributed by atoms with van der Waals surface area (Å²) < 4.78 is 42.3. The van der Waals surface area contributed by atoms with Crippen molar-refractivity contribution in [3.05, 3.63) is 17.7 Å². The van der Waals surface area contributed by atoms with E-state index in [9.17, 15) is 18.0 Å². The molecule has 1 saturated heterocycles.